The minimum atomic E-state index is -3.64. The van der Waals surface area contributed by atoms with Gasteiger partial charge in [0.1, 0.15) is 0 Å². The Morgan fingerprint density at radius 2 is 2.15 bits per heavy atom. The van der Waals surface area contributed by atoms with Crippen molar-refractivity contribution in [3.63, 3.8) is 0 Å². The lowest BCUT2D eigenvalue weighted by Crippen LogP contribution is -2.21. The molecule has 0 heterocycles. The summed E-state index contributed by atoms with van der Waals surface area (Å²) in [5, 5.41) is 8.51. The van der Waals surface area contributed by atoms with Gasteiger partial charge in [-0.05, 0) is 58.8 Å². The Morgan fingerprint density at radius 1 is 1.40 bits per heavy atom. The molecular weight excluding hydrogens is 340 g/mol. The summed E-state index contributed by atoms with van der Waals surface area (Å²) >= 11 is 3.39. The third kappa shape index (κ3) is 4.20. The van der Waals surface area contributed by atoms with E-state index in [9.17, 15) is 8.42 Å². The van der Waals surface area contributed by atoms with Crippen molar-refractivity contribution in [1.29, 1.82) is 0 Å². The molecule has 0 bridgehead atoms. The highest BCUT2D eigenvalue weighted by Gasteiger charge is 2.19. The second-order valence-electron chi connectivity index (χ2n) is 5.71. The molecule has 0 aliphatic heterocycles. The zero-order valence-corrected chi connectivity index (χ0v) is 14.0. The standard InChI is InChI=1S/C14H21BrN2O2S/c1-10-3-2-4-11(7-10)9-17-14-6-5-12(8-13(14)15)20(16,18)19/h5-6,8,10-11,17H,2-4,7,9H2,1H3,(H2,16,18,19). The van der Waals surface area contributed by atoms with Crippen molar-refractivity contribution in [2.24, 2.45) is 17.0 Å². The fraction of sp³-hybridized carbons (Fsp3) is 0.571. The Labute approximate surface area is 129 Å². The molecule has 0 aromatic heterocycles. The first-order chi connectivity index (χ1) is 9.36. The number of benzene rings is 1. The van der Waals surface area contributed by atoms with Crippen molar-refractivity contribution in [3.8, 4) is 0 Å². The van der Waals surface area contributed by atoms with Gasteiger partial charge in [-0.3, -0.25) is 0 Å². The van der Waals surface area contributed by atoms with Crippen LogP contribution in [-0.4, -0.2) is 15.0 Å². The lowest BCUT2D eigenvalue weighted by molar-refractivity contribution is 0.293. The lowest BCUT2D eigenvalue weighted by Gasteiger charge is -2.27. The minimum Gasteiger partial charge on any atom is -0.384 e. The zero-order chi connectivity index (χ0) is 14.8. The molecule has 1 aliphatic rings. The Morgan fingerprint density at radius 3 is 2.75 bits per heavy atom. The smallest absolute Gasteiger partial charge is 0.238 e. The molecule has 4 nitrogen and oxygen atoms in total. The average molecular weight is 361 g/mol. The number of nitrogens with two attached hydrogens (primary N) is 1. The van der Waals surface area contributed by atoms with E-state index in [1.165, 1.54) is 31.7 Å². The van der Waals surface area contributed by atoms with Gasteiger partial charge in [-0.25, -0.2) is 13.6 Å². The quantitative estimate of drug-likeness (QED) is 0.864. The van der Waals surface area contributed by atoms with Crippen molar-refractivity contribution in [3.05, 3.63) is 22.7 Å². The van der Waals surface area contributed by atoms with E-state index in [1.807, 2.05) is 0 Å². The van der Waals surface area contributed by atoms with E-state index in [0.29, 0.717) is 5.92 Å². The van der Waals surface area contributed by atoms with E-state index >= 15 is 0 Å². The number of primary sulfonamides is 1. The maximum Gasteiger partial charge on any atom is 0.238 e. The van der Waals surface area contributed by atoms with Crippen LogP contribution >= 0.6 is 15.9 Å². The Hall–Kier alpha value is -0.590. The molecule has 20 heavy (non-hydrogen) atoms. The Bertz CT molecular complexity index is 575. The van der Waals surface area contributed by atoms with Crippen LogP contribution in [0.25, 0.3) is 0 Å². The third-order valence-corrected chi connectivity index (χ3v) is 5.46. The van der Waals surface area contributed by atoms with E-state index in [2.05, 4.69) is 28.2 Å². The predicted octanol–water partition coefficient (Wildman–Crippen LogP) is 3.33. The fourth-order valence-electron chi connectivity index (χ4n) is 2.82. The third-order valence-electron chi connectivity index (χ3n) is 3.90. The van der Waals surface area contributed by atoms with Gasteiger partial charge in [0.25, 0.3) is 0 Å². The van der Waals surface area contributed by atoms with Gasteiger partial charge in [-0.15, -0.1) is 0 Å². The molecule has 0 radical (unpaired) electrons. The van der Waals surface area contributed by atoms with E-state index in [-0.39, 0.29) is 4.90 Å². The summed E-state index contributed by atoms with van der Waals surface area (Å²) in [5.41, 5.74) is 0.913. The van der Waals surface area contributed by atoms with Crippen molar-refractivity contribution < 1.29 is 8.42 Å². The second kappa shape index (κ2) is 6.45. The highest BCUT2D eigenvalue weighted by atomic mass is 79.9. The number of nitrogens with one attached hydrogen (secondary N) is 1. The molecule has 112 valence electrons. The van der Waals surface area contributed by atoms with Crippen molar-refractivity contribution >= 4 is 31.6 Å². The van der Waals surface area contributed by atoms with Crippen LogP contribution in [0.3, 0.4) is 0 Å². The summed E-state index contributed by atoms with van der Waals surface area (Å²) < 4.78 is 23.3. The van der Waals surface area contributed by atoms with Gasteiger partial charge < -0.3 is 5.32 Å². The zero-order valence-electron chi connectivity index (χ0n) is 11.6. The first-order valence-corrected chi connectivity index (χ1v) is 9.26. The van der Waals surface area contributed by atoms with Crippen LogP contribution in [0.1, 0.15) is 32.6 Å². The van der Waals surface area contributed by atoms with Crippen LogP contribution in [0.4, 0.5) is 5.69 Å². The maximum absolute atomic E-state index is 11.3. The Kier molecular flexibility index (Phi) is 5.09. The number of hydrogen-bond acceptors (Lipinski definition) is 3. The van der Waals surface area contributed by atoms with Crippen LogP contribution in [0.2, 0.25) is 0 Å². The van der Waals surface area contributed by atoms with Gasteiger partial charge in [-0.2, -0.15) is 0 Å². The lowest BCUT2D eigenvalue weighted by atomic mass is 9.82. The molecule has 6 heteroatoms. The number of hydrogen-bond donors (Lipinski definition) is 2. The first-order valence-electron chi connectivity index (χ1n) is 6.92. The maximum atomic E-state index is 11.3. The normalized spacial score (nSPS) is 23.6. The van der Waals surface area contributed by atoms with Crippen LogP contribution in [-0.2, 0) is 10.0 Å². The van der Waals surface area contributed by atoms with E-state index in [1.54, 1.807) is 12.1 Å². The van der Waals surface area contributed by atoms with Crippen LogP contribution in [0.5, 0.6) is 0 Å². The molecule has 0 saturated heterocycles. The summed E-state index contributed by atoms with van der Waals surface area (Å²) in [6.07, 6.45) is 5.17. The summed E-state index contributed by atoms with van der Waals surface area (Å²) in [5.74, 6) is 1.51. The molecule has 1 fully saturated rings. The van der Waals surface area contributed by atoms with Gasteiger partial charge in [0, 0.05) is 16.7 Å². The molecule has 2 rings (SSSR count). The molecule has 2 unspecified atom stereocenters. The summed E-state index contributed by atoms with van der Waals surface area (Å²) in [4.78, 5) is 0.126. The average Bonchev–Trinajstić information content (AvgIpc) is 2.36. The monoisotopic (exact) mass is 360 g/mol. The number of sulfonamides is 1. The molecule has 1 aromatic rings. The van der Waals surface area contributed by atoms with Crippen LogP contribution in [0.15, 0.2) is 27.6 Å². The minimum absolute atomic E-state index is 0.126. The van der Waals surface area contributed by atoms with Crippen LogP contribution < -0.4 is 10.5 Å². The molecular formula is C14H21BrN2O2S. The number of rotatable bonds is 4. The van der Waals surface area contributed by atoms with Gasteiger partial charge in [0.05, 0.1) is 4.90 Å². The van der Waals surface area contributed by atoms with Gasteiger partial charge >= 0.3 is 0 Å². The van der Waals surface area contributed by atoms with E-state index in [4.69, 9.17) is 5.14 Å². The van der Waals surface area contributed by atoms with Crippen LogP contribution in [0, 0.1) is 11.8 Å². The van der Waals surface area contributed by atoms with Gasteiger partial charge in [-0.1, -0.05) is 19.8 Å². The number of halogens is 1. The van der Waals surface area contributed by atoms with Crippen molar-refractivity contribution in [2.75, 3.05) is 11.9 Å². The molecule has 1 aromatic carbocycles. The van der Waals surface area contributed by atoms with Gasteiger partial charge in [0.2, 0.25) is 10.0 Å². The largest absolute Gasteiger partial charge is 0.384 e. The van der Waals surface area contributed by atoms with E-state index in [0.717, 1.165) is 22.6 Å². The predicted molar refractivity (Wildman–Crippen MR) is 85.1 cm³/mol. The highest BCUT2D eigenvalue weighted by Crippen LogP contribution is 2.30. The fourth-order valence-corrected chi connectivity index (χ4v) is 4.03. The SMILES string of the molecule is CC1CCCC(CNc2ccc(S(N)(=O)=O)cc2Br)C1. The van der Waals surface area contributed by atoms with Gasteiger partial charge in [0.15, 0.2) is 0 Å². The first kappa shape index (κ1) is 15.8. The summed E-state index contributed by atoms with van der Waals surface area (Å²) in [6, 6.07) is 4.84. The molecule has 2 atom stereocenters. The van der Waals surface area contributed by atoms with Crippen molar-refractivity contribution in [2.45, 2.75) is 37.5 Å². The highest BCUT2D eigenvalue weighted by molar-refractivity contribution is 9.10. The Balaban J connectivity index is 2.00. The van der Waals surface area contributed by atoms with E-state index < -0.39 is 10.0 Å². The number of anilines is 1. The second-order valence-corrected chi connectivity index (χ2v) is 8.12. The summed E-state index contributed by atoms with van der Waals surface area (Å²) in [6.45, 7) is 3.24. The molecule has 1 aliphatic carbocycles. The van der Waals surface area contributed by atoms with Crippen molar-refractivity contribution in [1.82, 2.24) is 0 Å². The summed E-state index contributed by atoms with van der Waals surface area (Å²) in [7, 11) is -3.64. The molecule has 1 saturated carbocycles. The molecule has 0 spiro atoms. The molecule has 3 N–H and O–H groups in total. The topological polar surface area (TPSA) is 72.2 Å². The molecule has 0 amide bonds.